The fraction of sp³-hybridized carbons (Fsp3) is 0.217. The lowest BCUT2D eigenvalue weighted by molar-refractivity contribution is 0.641. The molecular formula is C23H22N10O. The van der Waals surface area contributed by atoms with E-state index in [-0.39, 0.29) is 5.56 Å². The van der Waals surface area contributed by atoms with Crippen LogP contribution in [0.5, 0.6) is 0 Å². The predicted molar refractivity (Wildman–Crippen MR) is 127 cm³/mol. The number of imidazole rings is 1. The Hall–Kier alpha value is -4.54. The van der Waals surface area contributed by atoms with Crippen LogP contribution in [-0.2, 0) is 19.5 Å². The van der Waals surface area contributed by atoms with Gasteiger partial charge in [0.15, 0.2) is 5.82 Å². The summed E-state index contributed by atoms with van der Waals surface area (Å²) in [4.78, 5) is 29.2. The third-order valence-electron chi connectivity index (χ3n) is 6.31. The van der Waals surface area contributed by atoms with Crippen molar-refractivity contribution >= 4 is 28.2 Å². The zero-order valence-electron chi connectivity index (χ0n) is 18.7. The van der Waals surface area contributed by atoms with E-state index in [9.17, 15) is 4.79 Å². The second kappa shape index (κ2) is 7.51. The van der Waals surface area contributed by atoms with E-state index in [1.165, 1.54) is 6.33 Å². The van der Waals surface area contributed by atoms with E-state index in [0.29, 0.717) is 29.6 Å². The molecule has 0 spiro atoms. The van der Waals surface area contributed by atoms with Crippen LogP contribution in [-0.4, -0.2) is 38.9 Å². The highest BCUT2D eigenvalue weighted by Gasteiger charge is 2.16. The molecule has 0 aromatic carbocycles. The van der Waals surface area contributed by atoms with Crippen LogP contribution in [0.25, 0.3) is 16.6 Å². The first kappa shape index (κ1) is 20.1. The maximum absolute atomic E-state index is 11.9. The molecule has 0 amide bonds. The summed E-state index contributed by atoms with van der Waals surface area (Å²) >= 11 is 0. The first-order valence-corrected chi connectivity index (χ1v) is 10.9. The number of aryl methyl sites for hydroxylation is 2. The van der Waals surface area contributed by atoms with Gasteiger partial charge in [-0.3, -0.25) is 14.0 Å². The summed E-state index contributed by atoms with van der Waals surface area (Å²) < 4.78 is 5.89. The highest BCUT2D eigenvalue weighted by Crippen LogP contribution is 2.26. The summed E-state index contributed by atoms with van der Waals surface area (Å²) in [6.45, 7) is 5.11. The van der Waals surface area contributed by atoms with Gasteiger partial charge >= 0.3 is 0 Å². The minimum Gasteiger partial charge on any atom is -0.383 e. The van der Waals surface area contributed by atoms with E-state index < -0.39 is 0 Å². The van der Waals surface area contributed by atoms with Gasteiger partial charge in [-0.05, 0) is 31.4 Å². The van der Waals surface area contributed by atoms with Crippen molar-refractivity contribution in [3.05, 3.63) is 76.2 Å². The maximum atomic E-state index is 11.9. The van der Waals surface area contributed by atoms with Crippen molar-refractivity contribution in [1.29, 1.82) is 0 Å². The van der Waals surface area contributed by atoms with Crippen molar-refractivity contribution in [3.63, 3.8) is 0 Å². The first-order valence-electron chi connectivity index (χ1n) is 10.9. The number of pyridine rings is 2. The molecule has 1 aliphatic rings. The SMILES string of the molecule is Cc1c(C)n(-c2cc3cc(Nc4cc5n(n4)Cc4nccn4CC5)ncc3c(N)n2)cnc1=O. The van der Waals surface area contributed by atoms with Crippen LogP contribution in [0.3, 0.4) is 0 Å². The smallest absolute Gasteiger partial charge is 0.275 e. The van der Waals surface area contributed by atoms with Crippen molar-refractivity contribution in [3.8, 4) is 5.82 Å². The highest BCUT2D eigenvalue weighted by molar-refractivity contribution is 5.93. The minimum atomic E-state index is -0.249. The summed E-state index contributed by atoms with van der Waals surface area (Å²) in [5, 5.41) is 9.62. The van der Waals surface area contributed by atoms with Gasteiger partial charge < -0.3 is 15.6 Å². The Bertz CT molecular complexity index is 1630. The van der Waals surface area contributed by atoms with Crippen LogP contribution >= 0.6 is 0 Å². The second-order valence-electron chi connectivity index (χ2n) is 8.38. The van der Waals surface area contributed by atoms with Gasteiger partial charge in [-0.2, -0.15) is 10.1 Å². The molecular weight excluding hydrogens is 432 g/mol. The summed E-state index contributed by atoms with van der Waals surface area (Å²) in [7, 11) is 0. The van der Waals surface area contributed by atoms with Crippen molar-refractivity contribution in [2.75, 3.05) is 11.1 Å². The van der Waals surface area contributed by atoms with Crippen LogP contribution in [0.15, 0.2) is 47.9 Å². The number of hydrogen-bond donors (Lipinski definition) is 2. The lowest BCUT2D eigenvalue weighted by Crippen LogP contribution is -2.17. The van der Waals surface area contributed by atoms with Gasteiger partial charge in [0, 0.05) is 60.0 Å². The fourth-order valence-corrected chi connectivity index (χ4v) is 4.26. The number of anilines is 3. The van der Waals surface area contributed by atoms with Gasteiger partial charge in [0.1, 0.15) is 29.6 Å². The van der Waals surface area contributed by atoms with Crippen molar-refractivity contribution < 1.29 is 0 Å². The summed E-state index contributed by atoms with van der Waals surface area (Å²) in [5.41, 5.74) is 8.46. The Morgan fingerprint density at radius 2 is 1.97 bits per heavy atom. The molecule has 6 rings (SSSR count). The molecule has 11 nitrogen and oxygen atoms in total. The molecule has 1 aliphatic heterocycles. The average Bonchev–Trinajstić information content (AvgIpc) is 3.39. The van der Waals surface area contributed by atoms with Gasteiger partial charge in [-0.1, -0.05) is 0 Å². The quantitative estimate of drug-likeness (QED) is 0.423. The van der Waals surface area contributed by atoms with Crippen LogP contribution in [0.4, 0.5) is 17.5 Å². The molecule has 5 aromatic heterocycles. The van der Waals surface area contributed by atoms with Crippen molar-refractivity contribution in [1.82, 2.24) is 38.9 Å². The number of aromatic nitrogens is 8. The highest BCUT2D eigenvalue weighted by atomic mass is 16.1. The van der Waals surface area contributed by atoms with Crippen LogP contribution < -0.4 is 16.6 Å². The Labute approximate surface area is 193 Å². The maximum Gasteiger partial charge on any atom is 0.275 e. The van der Waals surface area contributed by atoms with E-state index in [2.05, 4.69) is 29.8 Å². The zero-order valence-corrected chi connectivity index (χ0v) is 18.7. The lowest BCUT2D eigenvalue weighted by Gasteiger charge is -2.13. The monoisotopic (exact) mass is 454 g/mol. The Morgan fingerprint density at radius 1 is 1.09 bits per heavy atom. The standard InChI is InChI=1S/C23H22N10O/c1-13-14(2)32(12-27-23(13)34)20-8-15-7-18(26-10-17(15)22(24)29-20)28-19-9-16-3-5-31-6-4-25-21(31)11-33(16)30-19/h4,6-10,12H,3,5,11H2,1-2H3,(H2,24,29)(H,26,28,30). The van der Waals surface area contributed by atoms with Gasteiger partial charge in [-0.25, -0.2) is 15.0 Å². The number of fused-ring (bicyclic) bond motifs is 3. The molecule has 11 heteroatoms. The summed E-state index contributed by atoms with van der Waals surface area (Å²) in [6, 6.07) is 5.86. The fourth-order valence-electron chi connectivity index (χ4n) is 4.26. The third-order valence-corrected chi connectivity index (χ3v) is 6.31. The molecule has 3 N–H and O–H groups in total. The number of nitrogens with two attached hydrogens (primary N) is 1. The van der Waals surface area contributed by atoms with E-state index in [1.807, 2.05) is 42.2 Å². The largest absolute Gasteiger partial charge is 0.383 e. The number of rotatable bonds is 3. The molecule has 0 aliphatic carbocycles. The molecule has 0 fully saturated rings. The normalized spacial score (nSPS) is 12.9. The van der Waals surface area contributed by atoms with E-state index >= 15 is 0 Å². The molecule has 34 heavy (non-hydrogen) atoms. The third kappa shape index (κ3) is 3.29. The number of nitrogens with zero attached hydrogens (tertiary/aromatic N) is 8. The molecule has 0 saturated carbocycles. The summed E-state index contributed by atoms with van der Waals surface area (Å²) in [5.74, 6) is 3.30. The average molecular weight is 454 g/mol. The van der Waals surface area contributed by atoms with Crippen molar-refractivity contribution in [2.45, 2.75) is 33.4 Å². The molecule has 5 aromatic rings. The lowest BCUT2D eigenvalue weighted by atomic mass is 10.2. The Balaban J connectivity index is 1.34. The van der Waals surface area contributed by atoms with Gasteiger partial charge in [0.05, 0.1) is 6.54 Å². The van der Waals surface area contributed by atoms with Crippen LogP contribution in [0.2, 0.25) is 0 Å². The van der Waals surface area contributed by atoms with Gasteiger partial charge in [-0.15, -0.1) is 0 Å². The second-order valence-corrected chi connectivity index (χ2v) is 8.38. The molecule has 0 unspecified atom stereocenters. The van der Waals surface area contributed by atoms with Gasteiger partial charge in [0.25, 0.3) is 5.56 Å². The molecule has 0 bridgehead atoms. The number of nitrogens with one attached hydrogen (secondary N) is 1. The topological polar surface area (TPSA) is 134 Å². The molecule has 170 valence electrons. The molecule has 0 radical (unpaired) electrons. The first-order chi connectivity index (χ1) is 16.5. The predicted octanol–water partition coefficient (Wildman–Crippen LogP) is 2.12. The molecule has 0 saturated heterocycles. The Morgan fingerprint density at radius 3 is 2.85 bits per heavy atom. The number of nitrogen functional groups attached to an aromatic ring is 1. The van der Waals surface area contributed by atoms with Crippen molar-refractivity contribution in [2.24, 2.45) is 0 Å². The van der Waals surface area contributed by atoms with Crippen LogP contribution in [0.1, 0.15) is 22.8 Å². The van der Waals surface area contributed by atoms with E-state index in [1.54, 1.807) is 17.7 Å². The Kier molecular flexibility index (Phi) is 4.44. The zero-order chi connectivity index (χ0) is 23.4. The van der Waals surface area contributed by atoms with Crippen LogP contribution in [0, 0.1) is 13.8 Å². The molecule has 6 heterocycles. The van der Waals surface area contributed by atoms with E-state index in [4.69, 9.17) is 10.8 Å². The molecule has 0 atom stereocenters. The van der Waals surface area contributed by atoms with Gasteiger partial charge in [0.2, 0.25) is 0 Å². The minimum absolute atomic E-state index is 0.249. The number of hydrogen-bond acceptors (Lipinski definition) is 8. The van der Waals surface area contributed by atoms with E-state index in [0.717, 1.165) is 46.8 Å². The summed E-state index contributed by atoms with van der Waals surface area (Å²) in [6.07, 6.45) is 7.87.